The van der Waals surface area contributed by atoms with E-state index in [1.165, 1.54) is 18.1 Å². The molecule has 0 bridgehead atoms. The molecule has 3 heterocycles. The number of ether oxygens (including phenoxy) is 3. The number of nitrogens with zero attached hydrogens (tertiary/aromatic N) is 1. The van der Waals surface area contributed by atoms with Crippen LogP contribution in [0.2, 0.25) is 0 Å². The average molecular weight is 603 g/mol. The van der Waals surface area contributed by atoms with Gasteiger partial charge in [0.1, 0.15) is 35.7 Å². The topological polar surface area (TPSA) is 141 Å². The third-order valence-electron chi connectivity index (χ3n) is 6.62. The smallest absolute Gasteiger partial charge is 0.356 e. The Kier molecular flexibility index (Phi) is 9.06. The van der Waals surface area contributed by atoms with E-state index in [0.29, 0.717) is 16.9 Å². The molecule has 12 heteroatoms. The summed E-state index contributed by atoms with van der Waals surface area (Å²) in [5.74, 6) is -2.12. The molecule has 2 aliphatic rings. The van der Waals surface area contributed by atoms with Gasteiger partial charge in [0.2, 0.25) is 5.91 Å². The van der Waals surface area contributed by atoms with Crippen molar-refractivity contribution >= 4 is 42.0 Å². The number of rotatable bonds is 11. The minimum absolute atomic E-state index is 0.0939. The molecule has 0 radical (unpaired) electrons. The average Bonchev–Trinajstić information content (AvgIpc) is 3.53. The van der Waals surface area contributed by atoms with Crippen LogP contribution in [0.3, 0.4) is 0 Å². The summed E-state index contributed by atoms with van der Waals surface area (Å²) in [7, 11) is 0. The van der Waals surface area contributed by atoms with Crippen LogP contribution >= 0.6 is 11.8 Å². The van der Waals surface area contributed by atoms with Crippen LogP contribution in [0.1, 0.15) is 29.9 Å². The van der Waals surface area contributed by atoms with Crippen LogP contribution in [0.4, 0.5) is 0 Å². The van der Waals surface area contributed by atoms with E-state index in [-0.39, 0.29) is 29.1 Å². The molecule has 0 aliphatic carbocycles. The van der Waals surface area contributed by atoms with Crippen LogP contribution in [-0.4, -0.2) is 53.1 Å². The van der Waals surface area contributed by atoms with Crippen molar-refractivity contribution in [1.82, 2.24) is 10.2 Å². The number of benzene rings is 2. The number of hydrogen-bond donors (Lipinski definition) is 1. The Hall–Kier alpha value is -5.10. The van der Waals surface area contributed by atoms with E-state index >= 15 is 0 Å². The van der Waals surface area contributed by atoms with Gasteiger partial charge in [-0.1, -0.05) is 72.4 Å². The highest BCUT2D eigenvalue weighted by Crippen LogP contribution is 2.47. The zero-order chi connectivity index (χ0) is 30.3. The molecule has 1 saturated heterocycles. The number of amides is 2. The van der Waals surface area contributed by atoms with Crippen LogP contribution in [0.15, 0.2) is 106 Å². The highest BCUT2D eigenvalue weighted by molar-refractivity contribution is 8.04. The number of carbonyl (C=O) groups excluding carboxylic acids is 5. The minimum atomic E-state index is -1.01. The molecular weight excluding hydrogens is 576 g/mol. The molecule has 0 saturated carbocycles. The van der Waals surface area contributed by atoms with Crippen LogP contribution in [0, 0.1) is 0 Å². The van der Waals surface area contributed by atoms with Crippen LogP contribution in [-0.2, 0) is 44.6 Å². The van der Waals surface area contributed by atoms with Crippen molar-refractivity contribution < 1.29 is 42.6 Å². The van der Waals surface area contributed by atoms with Crippen molar-refractivity contribution in [2.75, 3.05) is 6.61 Å². The molecule has 3 aromatic rings. The van der Waals surface area contributed by atoms with Crippen molar-refractivity contribution in [1.29, 1.82) is 0 Å². The van der Waals surface area contributed by atoms with Gasteiger partial charge in [-0.2, -0.15) is 0 Å². The summed E-state index contributed by atoms with van der Waals surface area (Å²) in [6, 6.07) is 20.4. The third-order valence-corrected chi connectivity index (χ3v) is 7.94. The molecule has 11 nitrogen and oxygen atoms in total. The molecule has 2 amide bonds. The van der Waals surface area contributed by atoms with Crippen LogP contribution in [0.5, 0.6) is 0 Å². The standard InChI is InChI=1S/C31H26N2O9S/c1-19(35)41-16-23-24(17-39-18-34)43-30-26(32-25(36)15-22-13-8-14-40-22)29(37)33(30)27(23)31(38)42-28(20-9-4-2-5-10-20)21-11-6-3-7-12-21/h2-14,17-18,26,28,30H,15-16H2,1H3,(H,32,36)/t26?,30-/m0/s1. The second-order valence-electron chi connectivity index (χ2n) is 9.45. The van der Waals surface area contributed by atoms with Gasteiger partial charge in [0.05, 0.1) is 17.6 Å². The predicted molar refractivity (Wildman–Crippen MR) is 152 cm³/mol. The zero-order valence-corrected chi connectivity index (χ0v) is 23.7. The molecule has 2 aromatic carbocycles. The number of fused-ring (bicyclic) bond motifs is 1. The van der Waals surface area contributed by atoms with Gasteiger partial charge in [-0.25, -0.2) is 4.79 Å². The lowest BCUT2D eigenvalue weighted by molar-refractivity contribution is -0.155. The van der Waals surface area contributed by atoms with Crippen molar-refractivity contribution in [3.05, 3.63) is 118 Å². The summed E-state index contributed by atoms with van der Waals surface area (Å²) >= 11 is 1.06. The zero-order valence-electron chi connectivity index (χ0n) is 22.8. The lowest BCUT2D eigenvalue weighted by Crippen LogP contribution is -2.70. The SMILES string of the molecule is CC(=O)OCC1=C(C(=O)OC(c2ccccc2)c2ccccc2)N2C(=O)C(NC(=O)Cc3ccco3)[C@@H]2SC1=COC=O. The van der Waals surface area contributed by atoms with E-state index in [1.807, 2.05) is 36.4 Å². The van der Waals surface area contributed by atoms with E-state index in [1.54, 1.807) is 36.4 Å². The largest absolute Gasteiger partial charge is 0.469 e. The number of thioether (sulfide) groups is 1. The molecule has 1 aromatic heterocycles. The summed E-state index contributed by atoms with van der Waals surface area (Å²) in [5, 5.41) is 1.90. The Labute approximate surface area is 250 Å². The molecule has 5 rings (SSSR count). The van der Waals surface area contributed by atoms with Crippen molar-refractivity contribution in [3.8, 4) is 0 Å². The lowest BCUT2D eigenvalue weighted by atomic mass is 10.00. The van der Waals surface area contributed by atoms with Crippen molar-refractivity contribution in [2.24, 2.45) is 0 Å². The quantitative estimate of drug-likeness (QED) is 0.114. The molecule has 0 spiro atoms. The molecule has 2 aliphatic heterocycles. The Morgan fingerprint density at radius 1 is 1.02 bits per heavy atom. The number of nitrogens with one attached hydrogen (secondary N) is 1. The maximum atomic E-state index is 14.0. The van der Waals surface area contributed by atoms with E-state index < -0.39 is 47.9 Å². The predicted octanol–water partition coefficient (Wildman–Crippen LogP) is 3.39. The Bertz CT molecular complexity index is 1530. The summed E-state index contributed by atoms with van der Waals surface area (Å²) in [6.45, 7) is 0.980. The number of furan rings is 1. The molecule has 1 unspecified atom stereocenters. The fourth-order valence-electron chi connectivity index (χ4n) is 4.68. The first-order chi connectivity index (χ1) is 20.9. The van der Waals surface area contributed by atoms with Gasteiger partial charge in [-0.15, -0.1) is 0 Å². The van der Waals surface area contributed by atoms with E-state index in [9.17, 15) is 24.0 Å². The van der Waals surface area contributed by atoms with Crippen molar-refractivity contribution in [2.45, 2.75) is 30.9 Å². The maximum absolute atomic E-state index is 14.0. The first-order valence-corrected chi connectivity index (χ1v) is 14.0. The molecule has 220 valence electrons. The van der Waals surface area contributed by atoms with E-state index in [4.69, 9.17) is 18.6 Å². The minimum Gasteiger partial charge on any atom is -0.469 e. The highest BCUT2D eigenvalue weighted by Gasteiger charge is 2.56. The fourth-order valence-corrected chi connectivity index (χ4v) is 5.99. The van der Waals surface area contributed by atoms with Gasteiger partial charge in [0, 0.05) is 12.5 Å². The van der Waals surface area contributed by atoms with E-state index in [0.717, 1.165) is 18.0 Å². The van der Waals surface area contributed by atoms with Crippen molar-refractivity contribution in [3.63, 3.8) is 0 Å². The van der Waals surface area contributed by atoms with Gasteiger partial charge in [-0.3, -0.25) is 24.1 Å². The first-order valence-electron chi connectivity index (χ1n) is 13.2. The number of β-lactam (4-membered cyclic amide) rings is 1. The summed E-state index contributed by atoms with van der Waals surface area (Å²) in [5.41, 5.74) is 1.29. The number of carbonyl (C=O) groups is 5. The second-order valence-corrected chi connectivity index (χ2v) is 10.6. The molecule has 43 heavy (non-hydrogen) atoms. The summed E-state index contributed by atoms with van der Waals surface area (Å²) in [4.78, 5) is 64.5. The Morgan fingerprint density at radius 3 is 2.28 bits per heavy atom. The van der Waals surface area contributed by atoms with Crippen LogP contribution < -0.4 is 5.32 Å². The second kappa shape index (κ2) is 13.3. The van der Waals surface area contributed by atoms with Gasteiger partial charge in [0.25, 0.3) is 12.4 Å². The normalized spacial score (nSPS) is 18.5. The summed E-state index contributed by atoms with van der Waals surface area (Å²) < 4.78 is 21.4. The fraction of sp³-hybridized carbons (Fsp3) is 0.194. The van der Waals surface area contributed by atoms with Gasteiger partial charge < -0.3 is 23.9 Å². The summed E-state index contributed by atoms with van der Waals surface area (Å²) in [6.07, 6.45) is 1.59. The van der Waals surface area contributed by atoms with Crippen LogP contribution in [0.25, 0.3) is 0 Å². The maximum Gasteiger partial charge on any atom is 0.356 e. The molecular formula is C31H26N2O9S. The van der Waals surface area contributed by atoms with Gasteiger partial charge in [0.15, 0.2) is 6.10 Å². The molecule has 1 fully saturated rings. The van der Waals surface area contributed by atoms with Gasteiger partial charge >= 0.3 is 11.9 Å². The molecule has 2 atom stereocenters. The third kappa shape index (κ3) is 6.54. The Balaban J connectivity index is 1.51. The lowest BCUT2D eigenvalue weighted by Gasteiger charge is -2.50. The van der Waals surface area contributed by atoms with Gasteiger partial charge in [-0.05, 0) is 23.3 Å². The number of hydrogen-bond acceptors (Lipinski definition) is 10. The number of esters is 2. The molecule has 1 N–H and O–H groups in total. The monoisotopic (exact) mass is 602 g/mol. The van der Waals surface area contributed by atoms with E-state index in [2.05, 4.69) is 5.32 Å². The first kappa shape index (κ1) is 29.4. The highest BCUT2D eigenvalue weighted by atomic mass is 32.2. The Morgan fingerprint density at radius 2 is 1.70 bits per heavy atom.